The Labute approximate surface area is 134 Å². The van der Waals surface area contributed by atoms with Crippen molar-refractivity contribution in [3.05, 3.63) is 0 Å². The molecule has 0 aromatic rings. The third-order valence-corrected chi connectivity index (χ3v) is 7.34. The van der Waals surface area contributed by atoms with Crippen molar-refractivity contribution >= 4 is 0 Å². The summed E-state index contributed by atoms with van der Waals surface area (Å²) in [5.74, 6) is 0. The zero-order chi connectivity index (χ0) is 16.7. The van der Waals surface area contributed by atoms with Gasteiger partial charge in [0.25, 0.3) is 0 Å². The molecule has 0 spiro atoms. The van der Waals surface area contributed by atoms with Gasteiger partial charge in [0.15, 0.2) is 0 Å². The second-order valence-corrected chi connectivity index (χ2v) is 9.96. The molecule has 1 aliphatic heterocycles. The van der Waals surface area contributed by atoms with E-state index in [1.54, 1.807) is 0 Å². The lowest BCUT2D eigenvalue weighted by molar-refractivity contribution is -0.0997. The standard InChI is InChI=1S/C19H40N2/c1-16(2,3)18(6,7)19(8,9)17(4,5)15-21-13-11-20(10)12-14-21/h11-15H2,1-10H3. The molecule has 0 amide bonds. The van der Waals surface area contributed by atoms with Gasteiger partial charge >= 0.3 is 0 Å². The second kappa shape index (κ2) is 5.85. The van der Waals surface area contributed by atoms with Crippen LogP contribution in [-0.2, 0) is 0 Å². The van der Waals surface area contributed by atoms with E-state index in [1.165, 1.54) is 32.7 Å². The second-order valence-electron chi connectivity index (χ2n) is 9.96. The fourth-order valence-electron chi connectivity index (χ4n) is 3.55. The van der Waals surface area contributed by atoms with Crippen LogP contribution in [0.25, 0.3) is 0 Å². The molecule has 1 fully saturated rings. The lowest BCUT2D eigenvalue weighted by Gasteiger charge is -2.59. The Kier molecular flexibility index (Phi) is 5.28. The first kappa shape index (κ1) is 19.0. The Balaban J connectivity index is 2.89. The van der Waals surface area contributed by atoms with Gasteiger partial charge in [0, 0.05) is 32.7 Å². The van der Waals surface area contributed by atoms with E-state index in [0.717, 1.165) is 0 Å². The van der Waals surface area contributed by atoms with Crippen LogP contribution in [-0.4, -0.2) is 49.6 Å². The van der Waals surface area contributed by atoms with Crippen molar-refractivity contribution in [1.82, 2.24) is 9.80 Å². The minimum absolute atomic E-state index is 0.265. The van der Waals surface area contributed by atoms with Crippen molar-refractivity contribution < 1.29 is 0 Å². The van der Waals surface area contributed by atoms with Crippen molar-refractivity contribution in [3.8, 4) is 0 Å². The summed E-state index contributed by atoms with van der Waals surface area (Å²) in [6, 6.07) is 0. The minimum Gasteiger partial charge on any atom is -0.304 e. The number of nitrogens with zero attached hydrogens (tertiary/aromatic N) is 2. The molecule has 0 radical (unpaired) electrons. The average molecular weight is 297 g/mol. The number of hydrogen-bond acceptors (Lipinski definition) is 2. The van der Waals surface area contributed by atoms with Crippen LogP contribution in [0.2, 0.25) is 0 Å². The maximum atomic E-state index is 2.67. The highest BCUT2D eigenvalue weighted by atomic mass is 15.2. The van der Waals surface area contributed by atoms with Crippen LogP contribution in [0, 0.1) is 21.7 Å². The Morgan fingerprint density at radius 2 is 1.10 bits per heavy atom. The Bertz CT molecular complexity index is 339. The van der Waals surface area contributed by atoms with Gasteiger partial charge in [0.1, 0.15) is 0 Å². The lowest BCUT2D eigenvalue weighted by Crippen LogP contribution is -2.56. The monoisotopic (exact) mass is 296 g/mol. The first-order chi connectivity index (χ1) is 9.22. The summed E-state index contributed by atoms with van der Waals surface area (Å²) in [7, 11) is 2.23. The Morgan fingerprint density at radius 3 is 1.48 bits per heavy atom. The molecule has 0 bridgehead atoms. The fourth-order valence-corrected chi connectivity index (χ4v) is 3.55. The summed E-state index contributed by atoms with van der Waals surface area (Å²) in [5, 5.41) is 0. The van der Waals surface area contributed by atoms with Crippen LogP contribution in [0.1, 0.15) is 62.3 Å². The molecule has 0 saturated carbocycles. The van der Waals surface area contributed by atoms with Gasteiger partial charge in [-0.3, -0.25) is 0 Å². The van der Waals surface area contributed by atoms with Crippen molar-refractivity contribution in [2.45, 2.75) is 62.3 Å². The van der Waals surface area contributed by atoms with Gasteiger partial charge in [0.05, 0.1) is 0 Å². The minimum atomic E-state index is 0.265. The summed E-state index contributed by atoms with van der Waals surface area (Å²) in [4.78, 5) is 5.11. The van der Waals surface area contributed by atoms with Gasteiger partial charge < -0.3 is 9.80 Å². The smallest absolute Gasteiger partial charge is 0.0110 e. The van der Waals surface area contributed by atoms with Crippen molar-refractivity contribution in [1.29, 1.82) is 0 Å². The van der Waals surface area contributed by atoms with E-state index in [1.807, 2.05) is 0 Å². The maximum Gasteiger partial charge on any atom is 0.0110 e. The third kappa shape index (κ3) is 3.64. The first-order valence-electron chi connectivity index (χ1n) is 8.63. The molecule has 1 rings (SSSR count). The highest BCUT2D eigenvalue weighted by Crippen LogP contribution is 2.58. The lowest BCUT2D eigenvalue weighted by atomic mass is 9.47. The number of piperazine rings is 1. The number of likely N-dealkylation sites (N-methyl/N-ethyl adjacent to an activating group) is 1. The maximum absolute atomic E-state index is 2.67. The van der Waals surface area contributed by atoms with Crippen LogP contribution in [0.5, 0.6) is 0 Å². The molecule has 0 unspecified atom stereocenters. The summed E-state index contributed by atoms with van der Waals surface area (Å²) in [5.41, 5.74) is 1.13. The first-order valence-corrected chi connectivity index (χ1v) is 8.63. The Hall–Kier alpha value is -0.0800. The zero-order valence-electron chi connectivity index (χ0n) is 16.4. The summed E-state index contributed by atoms with van der Waals surface area (Å²) in [6.45, 7) is 28.0. The molecule has 2 nitrogen and oxygen atoms in total. The highest BCUT2D eigenvalue weighted by Gasteiger charge is 2.53. The molecule has 1 heterocycles. The van der Waals surface area contributed by atoms with Crippen LogP contribution in [0.15, 0.2) is 0 Å². The van der Waals surface area contributed by atoms with Crippen molar-refractivity contribution in [2.75, 3.05) is 39.8 Å². The van der Waals surface area contributed by atoms with Crippen LogP contribution in [0.3, 0.4) is 0 Å². The molecule has 2 heteroatoms. The van der Waals surface area contributed by atoms with Crippen molar-refractivity contribution in [2.24, 2.45) is 21.7 Å². The van der Waals surface area contributed by atoms with Gasteiger partial charge in [0.2, 0.25) is 0 Å². The van der Waals surface area contributed by atoms with Gasteiger partial charge in [-0.05, 0) is 28.7 Å². The number of hydrogen-bond donors (Lipinski definition) is 0. The van der Waals surface area contributed by atoms with Crippen molar-refractivity contribution in [3.63, 3.8) is 0 Å². The topological polar surface area (TPSA) is 6.48 Å². The predicted molar refractivity (Wildman–Crippen MR) is 94.7 cm³/mol. The quantitative estimate of drug-likeness (QED) is 0.760. The van der Waals surface area contributed by atoms with Gasteiger partial charge in [-0.25, -0.2) is 0 Å². The van der Waals surface area contributed by atoms with Crippen LogP contribution < -0.4 is 0 Å². The normalized spacial score (nSPS) is 20.9. The van der Waals surface area contributed by atoms with Crippen LogP contribution >= 0.6 is 0 Å². The summed E-state index contributed by atoms with van der Waals surface area (Å²) < 4.78 is 0. The molecule has 1 saturated heterocycles. The molecule has 21 heavy (non-hydrogen) atoms. The molecule has 0 aromatic carbocycles. The van der Waals surface area contributed by atoms with Gasteiger partial charge in [-0.2, -0.15) is 0 Å². The van der Waals surface area contributed by atoms with Gasteiger partial charge in [-0.1, -0.05) is 62.3 Å². The SMILES string of the molecule is CN1CCN(CC(C)(C)C(C)(C)C(C)(C)C(C)(C)C)CC1. The molecule has 0 aromatic heterocycles. The molecule has 0 atom stereocenters. The average Bonchev–Trinajstić information content (AvgIpc) is 2.30. The van der Waals surface area contributed by atoms with E-state index < -0.39 is 0 Å². The predicted octanol–water partition coefficient (Wildman–Crippen LogP) is 4.36. The third-order valence-electron chi connectivity index (χ3n) is 7.34. The molecular formula is C19H40N2. The molecular weight excluding hydrogens is 256 g/mol. The van der Waals surface area contributed by atoms with Crippen LogP contribution in [0.4, 0.5) is 0 Å². The Morgan fingerprint density at radius 1 is 0.667 bits per heavy atom. The highest BCUT2D eigenvalue weighted by molar-refractivity contribution is 5.02. The zero-order valence-corrected chi connectivity index (χ0v) is 16.4. The molecule has 126 valence electrons. The van der Waals surface area contributed by atoms with E-state index in [0.29, 0.717) is 10.8 Å². The van der Waals surface area contributed by atoms with Gasteiger partial charge in [-0.15, -0.1) is 0 Å². The molecule has 1 aliphatic rings. The number of rotatable bonds is 4. The largest absolute Gasteiger partial charge is 0.304 e. The fraction of sp³-hybridized carbons (Fsp3) is 1.00. The summed E-state index contributed by atoms with van der Waals surface area (Å²) >= 11 is 0. The molecule has 0 N–H and O–H groups in total. The summed E-state index contributed by atoms with van der Waals surface area (Å²) in [6.07, 6.45) is 0. The molecule has 0 aliphatic carbocycles. The van der Waals surface area contributed by atoms with E-state index in [-0.39, 0.29) is 10.8 Å². The van der Waals surface area contributed by atoms with E-state index >= 15 is 0 Å². The van der Waals surface area contributed by atoms with E-state index in [2.05, 4.69) is 79.2 Å². The van der Waals surface area contributed by atoms with E-state index in [9.17, 15) is 0 Å². The van der Waals surface area contributed by atoms with E-state index in [4.69, 9.17) is 0 Å².